The first-order valence-corrected chi connectivity index (χ1v) is 6.90. The van der Waals surface area contributed by atoms with E-state index >= 15 is 0 Å². The molecular weight excluding hydrogens is 246 g/mol. The second-order valence-electron chi connectivity index (χ2n) is 3.48. The van der Waals surface area contributed by atoms with E-state index in [4.69, 9.17) is 10.2 Å². The minimum Gasteiger partial charge on any atom is -0.406 e. The van der Waals surface area contributed by atoms with Gasteiger partial charge < -0.3 is 15.5 Å². The lowest BCUT2D eigenvalue weighted by atomic mass is 10.4. The zero-order valence-corrected chi connectivity index (χ0v) is 10.6. The summed E-state index contributed by atoms with van der Waals surface area (Å²) in [5, 5.41) is 10.1. The number of aromatic nitrogens is 2. The van der Waals surface area contributed by atoms with Crippen LogP contribution < -0.4 is 15.8 Å². The Kier molecular flexibility index (Phi) is 4.85. The molecule has 1 aromatic heterocycles. The van der Waals surface area contributed by atoms with Crippen LogP contribution in [0.2, 0.25) is 0 Å². The number of nitrogens with two attached hydrogens (primary N) is 1. The van der Waals surface area contributed by atoms with E-state index in [2.05, 4.69) is 20.2 Å². The molecule has 0 aromatic carbocycles. The van der Waals surface area contributed by atoms with Crippen molar-refractivity contribution in [3.8, 4) is 0 Å². The normalized spacial score (nSPS) is 13.6. The zero-order chi connectivity index (χ0) is 12.9. The molecule has 1 rings (SSSR count). The van der Waals surface area contributed by atoms with Gasteiger partial charge in [0, 0.05) is 13.1 Å². The Bertz CT molecular complexity index is 442. The van der Waals surface area contributed by atoms with Crippen molar-refractivity contribution in [2.75, 3.05) is 24.2 Å². The average Bonchev–Trinajstić information content (AvgIpc) is 2.66. The lowest BCUT2D eigenvalue weighted by Gasteiger charge is -2.04. The fourth-order valence-electron chi connectivity index (χ4n) is 1.07. The first-order chi connectivity index (χ1) is 7.94. The summed E-state index contributed by atoms with van der Waals surface area (Å²) in [4.78, 5) is 0. The van der Waals surface area contributed by atoms with Crippen molar-refractivity contribution < 1.29 is 12.8 Å². The maximum atomic E-state index is 11.3. The van der Waals surface area contributed by atoms with E-state index < -0.39 is 10.0 Å². The van der Waals surface area contributed by atoms with Crippen LogP contribution in [0.3, 0.4) is 0 Å². The van der Waals surface area contributed by atoms with Gasteiger partial charge in [-0.1, -0.05) is 12.0 Å². The number of sulfonamides is 1. The SMILES string of the molecule is CCNS(=O)(=O)CCNc1nnc(C(C)N)o1. The molecule has 0 amide bonds. The average molecular weight is 263 g/mol. The highest BCUT2D eigenvalue weighted by atomic mass is 32.2. The maximum Gasteiger partial charge on any atom is 0.315 e. The van der Waals surface area contributed by atoms with Crippen LogP contribution in [0.4, 0.5) is 6.01 Å². The fraction of sp³-hybridized carbons (Fsp3) is 0.750. The summed E-state index contributed by atoms with van der Waals surface area (Å²) in [6.45, 7) is 4.00. The van der Waals surface area contributed by atoms with Gasteiger partial charge in [0.2, 0.25) is 15.9 Å². The van der Waals surface area contributed by atoms with Gasteiger partial charge in [-0.25, -0.2) is 13.1 Å². The molecule has 9 heteroatoms. The molecule has 1 heterocycles. The van der Waals surface area contributed by atoms with Crippen molar-refractivity contribution in [2.45, 2.75) is 19.9 Å². The summed E-state index contributed by atoms with van der Waals surface area (Å²) >= 11 is 0. The standard InChI is InChI=1S/C8H17N5O3S/c1-3-11-17(14,15)5-4-10-8-13-12-7(16-8)6(2)9/h6,11H,3-5,9H2,1-2H3,(H,10,13). The van der Waals surface area contributed by atoms with Crippen LogP contribution in [0, 0.1) is 0 Å². The summed E-state index contributed by atoms with van der Waals surface area (Å²) in [5.41, 5.74) is 5.53. The molecule has 0 aliphatic carbocycles. The number of rotatable bonds is 7. The number of anilines is 1. The lowest BCUT2D eigenvalue weighted by Crippen LogP contribution is -2.29. The van der Waals surface area contributed by atoms with Crippen LogP contribution in [0.1, 0.15) is 25.8 Å². The molecule has 0 spiro atoms. The zero-order valence-electron chi connectivity index (χ0n) is 9.80. The van der Waals surface area contributed by atoms with Crippen LogP contribution in [0.5, 0.6) is 0 Å². The van der Waals surface area contributed by atoms with Crippen molar-refractivity contribution in [3.63, 3.8) is 0 Å². The van der Waals surface area contributed by atoms with Crippen LogP contribution >= 0.6 is 0 Å². The summed E-state index contributed by atoms with van der Waals surface area (Å²) in [6.07, 6.45) is 0. The minimum absolute atomic E-state index is 0.0588. The molecule has 1 aromatic rings. The highest BCUT2D eigenvalue weighted by molar-refractivity contribution is 7.89. The molecule has 8 nitrogen and oxygen atoms in total. The molecule has 0 aliphatic rings. The molecule has 1 unspecified atom stereocenters. The van der Waals surface area contributed by atoms with Crippen LogP contribution in [0.15, 0.2) is 4.42 Å². The minimum atomic E-state index is -3.24. The van der Waals surface area contributed by atoms with Gasteiger partial charge in [0.1, 0.15) is 0 Å². The molecule has 98 valence electrons. The molecule has 0 fully saturated rings. The van der Waals surface area contributed by atoms with Crippen molar-refractivity contribution in [1.82, 2.24) is 14.9 Å². The monoisotopic (exact) mass is 263 g/mol. The van der Waals surface area contributed by atoms with Gasteiger partial charge >= 0.3 is 6.01 Å². The number of nitrogens with one attached hydrogen (secondary N) is 2. The Balaban J connectivity index is 2.40. The molecule has 17 heavy (non-hydrogen) atoms. The highest BCUT2D eigenvalue weighted by Crippen LogP contribution is 2.10. The molecule has 1 atom stereocenters. The number of hydrogen-bond acceptors (Lipinski definition) is 7. The van der Waals surface area contributed by atoms with Gasteiger partial charge in [-0.2, -0.15) is 0 Å². The summed E-state index contributed by atoms with van der Waals surface area (Å²) in [7, 11) is -3.24. The van der Waals surface area contributed by atoms with E-state index in [-0.39, 0.29) is 24.4 Å². The first kappa shape index (κ1) is 13.9. The molecule has 4 N–H and O–H groups in total. The van der Waals surface area contributed by atoms with Crippen LogP contribution in [-0.4, -0.2) is 37.5 Å². The predicted molar refractivity (Wildman–Crippen MR) is 62.9 cm³/mol. The van der Waals surface area contributed by atoms with Gasteiger partial charge in [0.15, 0.2) is 0 Å². The molecular formula is C8H17N5O3S. The second kappa shape index (κ2) is 5.94. The second-order valence-corrected chi connectivity index (χ2v) is 5.40. The molecule has 0 bridgehead atoms. The largest absolute Gasteiger partial charge is 0.406 e. The highest BCUT2D eigenvalue weighted by Gasteiger charge is 2.11. The third kappa shape index (κ3) is 4.67. The number of hydrogen-bond donors (Lipinski definition) is 3. The van der Waals surface area contributed by atoms with Crippen LogP contribution in [-0.2, 0) is 10.0 Å². The first-order valence-electron chi connectivity index (χ1n) is 5.25. The van der Waals surface area contributed by atoms with Crippen molar-refractivity contribution in [1.29, 1.82) is 0 Å². The Morgan fingerprint density at radius 1 is 1.47 bits per heavy atom. The van der Waals surface area contributed by atoms with Gasteiger partial charge in [-0.15, -0.1) is 5.10 Å². The van der Waals surface area contributed by atoms with Gasteiger partial charge in [0.05, 0.1) is 11.8 Å². The van der Waals surface area contributed by atoms with Gasteiger partial charge in [-0.3, -0.25) is 0 Å². The quantitative estimate of drug-likeness (QED) is 0.602. The van der Waals surface area contributed by atoms with E-state index in [0.717, 1.165) is 0 Å². The third-order valence-corrected chi connectivity index (χ3v) is 3.31. The Morgan fingerprint density at radius 2 is 2.18 bits per heavy atom. The Hall–Kier alpha value is -1.19. The fourth-order valence-corrected chi connectivity index (χ4v) is 2.03. The maximum absolute atomic E-state index is 11.3. The van der Waals surface area contributed by atoms with Crippen molar-refractivity contribution >= 4 is 16.0 Å². The van der Waals surface area contributed by atoms with E-state index in [1.165, 1.54) is 0 Å². The van der Waals surface area contributed by atoms with Crippen LogP contribution in [0.25, 0.3) is 0 Å². The Labute approximate surface area is 100 Å². The summed E-state index contributed by atoms with van der Waals surface area (Å²) < 4.78 is 30.1. The van der Waals surface area contributed by atoms with Crippen molar-refractivity contribution in [3.05, 3.63) is 5.89 Å². The van der Waals surface area contributed by atoms with E-state index in [0.29, 0.717) is 12.4 Å². The Morgan fingerprint density at radius 3 is 2.71 bits per heavy atom. The topological polar surface area (TPSA) is 123 Å². The molecule has 0 aliphatic heterocycles. The summed E-state index contributed by atoms with van der Waals surface area (Å²) in [5.74, 6) is 0.249. The van der Waals surface area contributed by atoms with E-state index in [1.54, 1.807) is 13.8 Å². The van der Waals surface area contributed by atoms with Gasteiger partial charge in [-0.05, 0) is 6.92 Å². The molecule has 0 saturated carbocycles. The lowest BCUT2D eigenvalue weighted by molar-refractivity contribution is 0.473. The third-order valence-electron chi connectivity index (χ3n) is 1.84. The predicted octanol–water partition coefficient (Wildman–Crippen LogP) is -0.559. The van der Waals surface area contributed by atoms with Gasteiger partial charge in [0.25, 0.3) is 0 Å². The molecule has 0 saturated heterocycles. The van der Waals surface area contributed by atoms with E-state index in [9.17, 15) is 8.42 Å². The summed E-state index contributed by atoms with van der Waals surface area (Å²) in [6, 6.07) is -0.174. The van der Waals surface area contributed by atoms with Crippen molar-refractivity contribution in [2.24, 2.45) is 5.73 Å². The van der Waals surface area contributed by atoms with E-state index in [1.807, 2.05) is 0 Å². The number of nitrogens with zero attached hydrogens (tertiary/aromatic N) is 2. The smallest absolute Gasteiger partial charge is 0.315 e. The molecule has 0 radical (unpaired) electrons.